The topological polar surface area (TPSA) is 69.6 Å². The van der Waals surface area contributed by atoms with Gasteiger partial charge in [-0.05, 0) is 6.42 Å². The fourth-order valence-corrected chi connectivity index (χ4v) is 1.34. The number of aromatic nitrogens is 4. The van der Waals surface area contributed by atoms with Crippen LogP contribution in [0.4, 0.5) is 5.82 Å². The van der Waals surface area contributed by atoms with Gasteiger partial charge in [0.05, 0.1) is 0 Å². The predicted octanol–water partition coefficient (Wildman–Crippen LogP) is 0.622. The Morgan fingerprint density at radius 2 is 2.40 bits per heavy atom. The summed E-state index contributed by atoms with van der Waals surface area (Å²) in [5.74, 6) is 2.97. The summed E-state index contributed by atoms with van der Waals surface area (Å²) >= 11 is 0. The number of rotatable bonds is 3. The summed E-state index contributed by atoms with van der Waals surface area (Å²) in [7, 11) is 0. The van der Waals surface area contributed by atoms with E-state index in [1.54, 1.807) is 0 Å². The van der Waals surface area contributed by atoms with Crippen molar-refractivity contribution in [3.05, 3.63) is 12.7 Å². The molecule has 2 heterocycles. The summed E-state index contributed by atoms with van der Waals surface area (Å²) in [6, 6.07) is 0. The van der Waals surface area contributed by atoms with Gasteiger partial charge in [-0.3, -0.25) is 0 Å². The van der Waals surface area contributed by atoms with Gasteiger partial charge in [0.15, 0.2) is 23.3 Å². The van der Waals surface area contributed by atoms with E-state index in [9.17, 15) is 0 Å². The number of terminal acetylenes is 1. The summed E-state index contributed by atoms with van der Waals surface area (Å²) in [6.07, 6.45) is 11.0. The van der Waals surface area contributed by atoms with Gasteiger partial charge in [0.2, 0.25) is 0 Å². The van der Waals surface area contributed by atoms with Gasteiger partial charge in [-0.25, -0.2) is 15.0 Å². The number of anilines is 1. The fraction of sp³-hybridized carbons (Fsp3) is 0.300. The molecule has 2 aromatic heterocycles. The maximum absolute atomic E-state index is 5.65. The Hall–Kier alpha value is -2.09. The fourth-order valence-electron chi connectivity index (χ4n) is 1.34. The molecule has 0 saturated carbocycles. The minimum Gasteiger partial charge on any atom is -0.382 e. The Balaban J connectivity index is 2.30. The lowest BCUT2D eigenvalue weighted by atomic mass is 10.3. The van der Waals surface area contributed by atoms with Gasteiger partial charge in [-0.1, -0.05) is 0 Å². The average molecular weight is 200 g/mol. The highest BCUT2D eigenvalue weighted by Gasteiger charge is 2.07. The van der Waals surface area contributed by atoms with Gasteiger partial charge in [0.1, 0.15) is 6.33 Å². The number of hydrogen-bond acceptors (Lipinski definition) is 4. The van der Waals surface area contributed by atoms with Gasteiger partial charge in [0, 0.05) is 13.0 Å². The van der Waals surface area contributed by atoms with Crippen LogP contribution in [0.2, 0.25) is 0 Å². The number of nitrogens with two attached hydrogens (primary N) is 1. The van der Waals surface area contributed by atoms with Crippen molar-refractivity contribution in [2.45, 2.75) is 19.4 Å². The summed E-state index contributed by atoms with van der Waals surface area (Å²) < 4.78 is 1.81. The molecule has 0 spiro atoms. The normalized spacial score (nSPS) is 10.3. The van der Waals surface area contributed by atoms with Crippen LogP contribution in [0, 0.1) is 18.7 Å². The van der Waals surface area contributed by atoms with E-state index in [1.807, 2.05) is 4.57 Å². The molecule has 2 rings (SSSR count). The third-order valence-corrected chi connectivity index (χ3v) is 2.07. The lowest BCUT2D eigenvalue weighted by Gasteiger charge is -2.00. The molecule has 15 heavy (non-hydrogen) atoms. The highest BCUT2D eigenvalue weighted by atomic mass is 15.1. The highest BCUT2D eigenvalue weighted by Crippen LogP contribution is 2.13. The summed E-state index contributed by atoms with van der Waals surface area (Å²) in [5.41, 5.74) is 6.95. The zero-order chi connectivity index (χ0) is 10.7. The Morgan fingerprint density at radius 3 is 3.20 bits per heavy atom. The quantitative estimate of drug-likeness (QED) is 0.582. The van der Waals surface area contributed by atoms with E-state index in [4.69, 9.17) is 12.2 Å². The van der Waals surface area contributed by atoms with Crippen molar-refractivity contribution in [3.63, 3.8) is 0 Å². The third kappa shape index (κ3) is 1.74. The molecule has 5 nitrogen and oxygen atoms in total. The van der Waals surface area contributed by atoms with Gasteiger partial charge in [-0.2, -0.15) is 0 Å². The zero-order valence-electron chi connectivity index (χ0n) is 8.14. The SMILES string of the molecule is C#CCCCn1[c]nc2c(N)ncnc21. The second kappa shape index (κ2) is 3.96. The van der Waals surface area contributed by atoms with E-state index in [0.29, 0.717) is 17.0 Å². The van der Waals surface area contributed by atoms with Crippen molar-refractivity contribution in [1.82, 2.24) is 19.5 Å². The Kier molecular flexibility index (Phi) is 2.50. The maximum Gasteiger partial charge on any atom is 0.178 e. The Morgan fingerprint density at radius 1 is 1.53 bits per heavy atom. The molecule has 5 heteroatoms. The predicted molar refractivity (Wildman–Crippen MR) is 56.6 cm³/mol. The molecular formula is C10H10N5. The molecule has 0 aromatic carbocycles. The minimum atomic E-state index is 0.381. The molecule has 1 radical (unpaired) electrons. The molecule has 0 aliphatic heterocycles. The van der Waals surface area contributed by atoms with Gasteiger partial charge < -0.3 is 10.3 Å². The third-order valence-electron chi connectivity index (χ3n) is 2.07. The van der Waals surface area contributed by atoms with Crippen LogP contribution < -0.4 is 5.73 Å². The number of fused-ring (bicyclic) bond motifs is 1. The molecule has 0 saturated heterocycles. The molecule has 2 N–H and O–H groups in total. The molecular weight excluding hydrogens is 190 g/mol. The van der Waals surface area contributed by atoms with Crippen LogP contribution in [0.25, 0.3) is 11.2 Å². The molecule has 0 amide bonds. The first-order chi connectivity index (χ1) is 7.33. The van der Waals surface area contributed by atoms with Crippen LogP contribution in [0.5, 0.6) is 0 Å². The van der Waals surface area contributed by atoms with Crippen molar-refractivity contribution in [2.75, 3.05) is 5.73 Å². The van der Waals surface area contributed by atoms with Crippen molar-refractivity contribution in [1.29, 1.82) is 0 Å². The number of imidazole rings is 1. The lowest BCUT2D eigenvalue weighted by Crippen LogP contribution is -1.99. The van der Waals surface area contributed by atoms with Crippen LogP contribution >= 0.6 is 0 Å². The summed E-state index contributed by atoms with van der Waals surface area (Å²) in [4.78, 5) is 12.0. The van der Waals surface area contributed by atoms with E-state index in [-0.39, 0.29) is 0 Å². The van der Waals surface area contributed by atoms with Crippen LogP contribution in [0.3, 0.4) is 0 Å². The van der Waals surface area contributed by atoms with E-state index in [1.165, 1.54) is 6.33 Å². The van der Waals surface area contributed by atoms with Gasteiger partial charge >= 0.3 is 0 Å². The van der Waals surface area contributed by atoms with Crippen LogP contribution in [-0.2, 0) is 6.54 Å². The van der Waals surface area contributed by atoms with Crippen molar-refractivity contribution in [2.24, 2.45) is 0 Å². The zero-order valence-corrected chi connectivity index (χ0v) is 8.14. The molecule has 0 aliphatic rings. The molecule has 0 fully saturated rings. The minimum absolute atomic E-state index is 0.381. The lowest BCUT2D eigenvalue weighted by molar-refractivity contribution is 0.662. The maximum atomic E-state index is 5.65. The van der Waals surface area contributed by atoms with Gasteiger partial charge in [-0.15, -0.1) is 12.3 Å². The number of nitrogens with zero attached hydrogens (tertiary/aromatic N) is 4. The molecule has 0 atom stereocenters. The Labute approximate surface area is 87.4 Å². The van der Waals surface area contributed by atoms with E-state index < -0.39 is 0 Å². The molecule has 0 unspecified atom stereocenters. The van der Waals surface area contributed by atoms with Crippen molar-refractivity contribution in [3.8, 4) is 12.3 Å². The van der Waals surface area contributed by atoms with Crippen LogP contribution in [-0.4, -0.2) is 19.5 Å². The number of nitrogen functional groups attached to an aromatic ring is 1. The first-order valence-corrected chi connectivity index (χ1v) is 4.61. The molecule has 75 valence electrons. The van der Waals surface area contributed by atoms with E-state index >= 15 is 0 Å². The van der Waals surface area contributed by atoms with E-state index in [2.05, 4.69) is 27.2 Å². The monoisotopic (exact) mass is 200 g/mol. The highest BCUT2D eigenvalue weighted by molar-refractivity contribution is 5.80. The first kappa shape index (κ1) is 9.46. The number of hydrogen-bond donors (Lipinski definition) is 1. The average Bonchev–Trinajstić information content (AvgIpc) is 2.64. The van der Waals surface area contributed by atoms with Crippen LogP contribution in [0.15, 0.2) is 6.33 Å². The van der Waals surface area contributed by atoms with Crippen LogP contribution in [0.1, 0.15) is 12.8 Å². The number of unbranched alkanes of at least 4 members (excludes halogenated alkanes) is 1. The Bertz CT molecular complexity index is 508. The standard InChI is InChI=1S/C10H10N5/c1-2-3-4-5-15-7-14-8-9(11)12-6-13-10(8)15/h1,6H,3-5H2,(H2,11,12,13). The molecule has 0 aliphatic carbocycles. The second-order valence-electron chi connectivity index (χ2n) is 3.10. The largest absolute Gasteiger partial charge is 0.382 e. The van der Waals surface area contributed by atoms with Gasteiger partial charge in [0.25, 0.3) is 0 Å². The van der Waals surface area contributed by atoms with E-state index in [0.717, 1.165) is 19.4 Å². The first-order valence-electron chi connectivity index (χ1n) is 4.61. The number of aryl methyl sites for hydroxylation is 1. The molecule has 0 bridgehead atoms. The van der Waals surface area contributed by atoms with Crippen molar-refractivity contribution < 1.29 is 0 Å². The second-order valence-corrected chi connectivity index (χ2v) is 3.10. The summed E-state index contributed by atoms with van der Waals surface area (Å²) in [6.45, 7) is 0.747. The smallest absolute Gasteiger partial charge is 0.178 e. The molecule has 2 aromatic rings. The van der Waals surface area contributed by atoms with Crippen molar-refractivity contribution >= 4 is 17.0 Å². The summed E-state index contributed by atoms with van der Waals surface area (Å²) in [5, 5.41) is 0.